The Bertz CT molecular complexity index is 1290. The first-order valence-electron chi connectivity index (χ1n) is 11.4. The van der Waals surface area contributed by atoms with Crippen LogP contribution in [0.15, 0.2) is 40.4 Å². The van der Waals surface area contributed by atoms with Crippen molar-refractivity contribution in [3.63, 3.8) is 0 Å². The smallest absolute Gasteiger partial charge is 0.406 e. The molecular formula is C22H25F3N6O4S. The highest BCUT2D eigenvalue weighted by Crippen LogP contribution is 2.42. The Balaban J connectivity index is 1.41. The van der Waals surface area contributed by atoms with Crippen LogP contribution in [-0.4, -0.2) is 71.6 Å². The van der Waals surface area contributed by atoms with Crippen molar-refractivity contribution in [2.75, 3.05) is 19.3 Å². The molecule has 3 unspecified atom stereocenters. The molecule has 194 valence electrons. The number of allylic oxidation sites excluding steroid dienone is 1. The number of rotatable bonds is 4. The highest BCUT2D eigenvalue weighted by Gasteiger charge is 2.58. The molecule has 2 fully saturated rings. The zero-order chi connectivity index (χ0) is 25.8. The molecule has 0 saturated carbocycles. The van der Waals surface area contributed by atoms with Crippen molar-refractivity contribution in [3.8, 4) is 0 Å². The van der Waals surface area contributed by atoms with Crippen molar-refractivity contribution >= 4 is 21.5 Å². The lowest BCUT2D eigenvalue weighted by atomic mass is 9.89. The number of hydrazine groups is 1. The normalized spacial score (nSPS) is 26.3. The molecule has 36 heavy (non-hydrogen) atoms. The van der Waals surface area contributed by atoms with Crippen LogP contribution in [0.2, 0.25) is 0 Å². The Labute approximate surface area is 205 Å². The van der Waals surface area contributed by atoms with Gasteiger partial charge in [0.05, 0.1) is 12.2 Å². The van der Waals surface area contributed by atoms with Crippen molar-refractivity contribution in [2.45, 2.75) is 50.0 Å². The van der Waals surface area contributed by atoms with Crippen molar-refractivity contribution in [1.82, 2.24) is 30.3 Å². The summed E-state index contributed by atoms with van der Waals surface area (Å²) in [6, 6.07) is 6.26. The molecule has 2 aromatic rings. The lowest BCUT2D eigenvalue weighted by molar-refractivity contribution is -0.161. The molecule has 1 aromatic carbocycles. The number of alkyl halides is 3. The maximum atomic E-state index is 14.0. The fourth-order valence-electron chi connectivity index (χ4n) is 5.08. The van der Waals surface area contributed by atoms with Crippen LogP contribution in [0.1, 0.15) is 48.9 Å². The van der Waals surface area contributed by atoms with Gasteiger partial charge in [-0.05, 0) is 25.3 Å². The number of nitrogens with one attached hydrogen (secondary N) is 2. The highest BCUT2D eigenvalue weighted by atomic mass is 32.2. The fraction of sp³-hybridized carbons (Fsp3) is 0.500. The van der Waals surface area contributed by atoms with Gasteiger partial charge in [-0.2, -0.15) is 13.2 Å². The van der Waals surface area contributed by atoms with Crippen molar-refractivity contribution in [3.05, 3.63) is 53.4 Å². The molecule has 2 saturated heterocycles. The fourth-order valence-corrected chi connectivity index (χ4v) is 5.96. The van der Waals surface area contributed by atoms with Gasteiger partial charge in [-0.15, -0.1) is 10.2 Å². The quantitative estimate of drug-likeness (QED) is 0.620. The molecule has 10 nitrogen and oxygen atoms in total. The summed E-state index contributed by atoms with van der Waals surface area (Å²) in [6.45, 7) is 2.20. The predicted octanol–water partition coefficient (Wildman–Crippen LogP) is 1.93. The van der Waals surface area contributed by atoms with E-state index >= 15 is 0 Å². The number of nitrogens with zero attached hydrogens (tertiary/aromatic N) is 4. The number of sulfonamides is 1. The molecule has 14 heteroatoms. The average molecular weight is 527 g/mol. The lowest BCUT2D eigenvalue weighted by Crippen LogP contribution is -2.54. The summed E-state index contributed by atoms with van der Waals surface area (Å²) >= 11 is 0. The zero-order valence-corrected chi connectivity index (χ0v) is 20.3. The van der Waals surface area contributed by atoms with Crippen LogP contribution in [-0.2, 0) is 14.8 Å². The highest BCUT2D eigenvalue weighted by molar-refractivity contribution is 7.88. The molecule has 3 aliphatic rings. The van der Waals surface area contributed by atoms with Gasteiger partial charge >= 0.3 is 6.18 Å². The summed E-state index contributed by atoms with van der Waals surface area (Å²) in [6.07, 6.45) is -3.48. The van der Waals surface area contributed by atoms with Crippen LogP contribution < -0.4 is 10.7 Å². The Hall–Kier alpha value is -2.97. The Morgan fingerprint density at radius 1 is 1.11 bits per heavy atom. The van der Waals surface area contributed by atoms with Gasteiger partial charge in [0, 0.05) is 24.7 Å². The zero-order valence-electron chi connectivity index (χ0n) is 19.5. The van der Waals surface area contributed by atoms with Crippen molar-refractivity contribution in [2.24, 2.45) is 0 Å². The molecule has 3 aliphatic heterocycles. The minimum Gasteiger partial charge on any atom is -0.420 e. The van der Waals surface area contributed by atoms with E-state index in [0.29, 0.717) is 37.2 Å². The largest absolute Gasteiger partial charge is 0.420 e. The second-order valence-electron chi connectivity index (χ2n) is 9.23. The van der Waals surface area contributed by atoms with Gasteiger partial charge in [0.1, 0.15) is 17.8 Å². The number of aromatic nitrogens is 2. The van der Waals surface area contributed by atoms with E-state index in [2.05, 4.69) is 20.9 Å². The molecule has 5 rings (SSSR count). The number of hydrogen-bond donors (Lipinski definition) is 2. The number of hydrogen-bond acceptors (Lipinski definition) is 8. The van der Waals surface area contributed by atoms with Gasteiger partial charge < -0.3 is 9.73 Å². The number of carbonyl (C=O) groups is 1. The van der Waals surface area contributed by atoms with Gasteiger partial charge in [-0.3, -0.25) is 4.79 Å². The number of carbonyl (C=O) groups excluding carboxylic acids is 1. The maximum Gasteiger partial charge on any atom is 0.406 e. The van der Waals surface area contributed by atoms with E-state index in [1.165, 1.54) is 4.31 Å². The molecule has 1 amide bonds. The van der Waals surface area contributed by atoms with Crippen LogP contribution >= 0.6 is 0 Å². The number of benzene rings is 1. The molecule has 1 aromatic heterocycles. The van der Waals surface area contributed by atoms with E-state index < -0.39 is 40.2 Å². The van der Waals surface area contributed by atoms with E-state index in [1.54, 1.807) is 37.3 Å². The van der Waals surface area contributed by atoms with Gasteiger partial charge in [0.15, 0.2) is 0 Å². The molecule has 0 aliphatic carbocycles. The Kier molecular flexibility index (Phi) is 6.08. The van der Waals surface area contributed by atoms with Crippen LogP contribution in [0.25, 0.3) is 5.57 Å². The minimum atomic E-state index is -4.60. The van der Waals surface area contributed by atoms with Crippen LogP contribution in [0.5, 0.6) is 0 Å². The van der Waals surface area contributed by atoms with Crippen molar-refractivity contribution < 1.29 is 30.8 Å². The van der Waals surface area contributed by atoms with Gasteiger partial charge in [0.2, 0.25) is 15.9 Å². The first-order valence-corrected chi connectivity index (χ1v) is 13.3. The number of fused-ring (bicyclic) bond motifs is 1. The second kappa shape index (κ2) is 8.85. The third-order valence-corrected chi connectivity index (χ3v) is 8.19. The van der Waals surface area contributed by atoms with Crippen molar-refractivity contribution in [1.29, 1.82) is 0 Å². The first kappa shape index (κ1) is 24.7. The molecular weight excluding hydrogens is 501 g/mol. The second-order valence-corrected chi connectivity index (χ2v) is 11.2. The Morgan fingerprint density at radius 2 is 1.78 bits per heavy atom. The third-order valence-electron chi connectivity index (χ3n) is 6.89. The monoisotopic (exact) mass is 526 g/mol. The van der Waals surface area contributed by atoms with Crippen LogP contribution in [0.4, 0.5) is 13.2 Å². The summed E-state index contributed by atoms with van der Waals surface area (Å²) in [4.78, 5) is 13.4. The topological polar surface area (TPSA) is 121 Å². The predicted molar refractivity (Wildman–Crippen MR) is 121 cm³/mol. The number of amides is 1. The lowest BCUT2D eigenvalue weighted by Gasteiger charge is -2.34. The molecule has 0 radical (unpaired) electrons. The van der Waals surface area contributed by atoms with Gasteiger partial charge in [-0.25, -0.2) is 23.2 Å². The van der Waals surface area contributed by atoms with E-state index in [1.807, 2.05) is 0 Å². The standard InChI is InChI=1S/C22H25F3N6O4S/c1-12-15(20-28-27-19(35-20)14-8-10-30(11-9-14)36(2,33)34)21(32)31-18(26-12)16(13-6-4-3-5-7-13)17(29-31)22(23,24)25/h3-7,14,16-18,26,29H,8-11H2,1-2H3. The Morgan fingerprint density at radius 3 is 2.39 bits per heavy atom. The molecule has 4 heterocycles. The molecule has 0 bridgehead atoms. The average Bonchev–Trinajstić information content (AvgIpc) is 3.45. The summed E-state index contributed by atoms with van der Waals surface area (Å²) in [5.74, 6) is -1.81. The summed E-state index contributed by atoms with van der Waals surface area (Å²) in [5, 5.41) is 12.0. The molecule has 2 N–H and O–H groups in total. The summed E-state index contributed by atoms with van der Waals surface area (Å²) in [7, 11) is -3.29. The van der Waals surface area contributed by atoms with Gasteiger partial charge in [-0.1, -0.05) is 30.3 Å². The van der Waals surface area contributed by atoms with E-state index in [0.717, 1.165) is 11.3 Å². The first-order chi connectivity index (χ1) is 16.9. The van der Waals surface area contributed by atoms with E-state index in [4.69, 9.17) is 4.42 Å². The summed E-state index contributed by atoms with van der Waals surface area (Å²) in [5.41, 5.74) is 3.11. The number of piperidine rings is 1. The number of halogens is 3. The van der Waals surface area contributed by atoms with E-state index in [-0.39, 0.29) is 23.3 Å². The minimum absolute atomic E-state index is 0.0132. The molecule has 0 spiro atoms. The maximum absolute atomic E-state index is 14.0. The van der Waals surface area contributed by atoms with E-state index in [9.17, 15) is 26.4 Å². The summed E-state index contributed by atoms with van der Waals surface area (Å²) < 4.78 is 72.6. The van der Waals surface area contributed by atoms with Gasteiger partial charge in [0.25, 0.3) is 11.8 Å². The third kappa shape index (κ3) is 4.37. The SMILES string of the molecule is CC1=C(c2nnc(C3CCN(S(C)(=O)=O)CC3)o2)C(=O)N2NC(C(F)(F)F)C(c3ccccc3)C2N1. The van der Waals surface area contributed by atoms with Crippen LogP contribution in [0.3, 0.4) is 0 Å². The molecule has 3 atom stereocenters. The van der Waals surface area contributed by atoms with Crippen LogP contribution in [0, 0.1) is 0 Å².